The molecule has 3 aromatic carbocycles. The van der Waals surface area contributed by atoms with Crippen molar-refractivity contribution >= 4 is 22.5 Å². The van der Waals surface area contributed by atoms with Gasteiger partial charge in [-0.3, -0.25) is 0 Å². The lowest BCUT2D eigenvalue weighted by Gasteiger charge is -2.30. The highest BCUT2D eigenvalue weighted by Crippen LogP contribution is 2.41. The Morgan fingerprint density at radius 3 is 2.26 bits per heavy atom. The monoisotopic (exact) mass is 483 g/mol. The minimum atomic E-state index is -1.46. The number of rotatable bonds is 5. The Bertz CT molecular complexity index is 1520. The first-order valence-corrected chi connectivity index (χ1v) is 11.7. The Balaban J connectivity index is 1.83. The number of halogens is 1. The van der Waals surface area contributed by atoms with E-state index in [4.69, 9.17) is 16.3 Å². The van der Waals surface area contributed by atoms with Crippen LogP contribution in [0.15, 0.2) is 79.3 Å². The normalized spacial score (nSPS) is 13.1. The van der Waals surface area contributed by atoms with Crippen LogP contribution < -0.4 is 4.74 Å². The molecule has 0 saturated heterocycles. The summed E-state index contributed by atoms with van der Waals surface area (Å²) in [6, 6.07) is 21.3. The molecule has 0 bridgehead atoms. The number of fused-ring (bicyclic) bond motifs is 1. The predicted molar refractivity (Wildman–Crippen MR) is 140 cm³/mol. The van der Waals surface area contributed by atoms with Crippen molar-refractivity contribution < 1.29 is 9.84 Å². The molecule has 0 aliphatic rings. The molecular formula is C29H26ClN3O2. The lowest BCUT2D eigenvalue weighted by Crippen LogP contribution is -2.31. The summed E-state index contributed by atoms with van der Waals surface area (Å²) in [5, 5.41) is 13.9. The molecule has 176 valence electrons. The number of nitrogens with zero attached hydrogens (tertiary/aromatic N) is 3. The molecule has 1 N–H and O–H groups in total. The summed E-state index contributed by atoms with van der Waals surface area (Å²) in [7, 11) is 3.50. The SMILES string of the molecule is COc1cc(-c2c(C)cccc2C)c2cc(C(O)(c3ccc(Cl)cc3)c3cncn3C)ccc2n1. The molecule has 1 atom stereocenters. The predicted octanol–water partition coefficient (Wildman–Crippen LogP) is 6.20. The van der Waals surface area contributed by atoms with Crippen LogP contribution in [-0.2, 0) is 12.6 Å². The quantitative estimate of drug-likeness (QED) is 0.323. The van der Waals surface area contributed by atoms with Gasteiger partial charge in [0.1, 0.15) is 0 Å². The Morgan fingerprint density at radius 2 is 1.63 bits per heavy atom. The van der Waals surface area contributed by atoms with Crippen molar-refractivity contribution in [1.29, 1.82) is 0 Å². The first-order valence-electron chi connectivity index (χ1n) is 11.3. The maximum absolute atomic E-state index is 12.4. The number of hydrogen-bond acceptors (Lipinski definition) is 4. The molecule has 2 heterocycles. The number of aryl methyl sites for hydroxylation is 3. The molecule has 0 fully saturated rings. The van der Waals surface area contributed by atoms with Crippen LogP contribution in [0.2, 0.25) is 5.02 Å². The smallest absolute Gasteiger partial charge is 0.214 e. The number of methoxy groups -OCH3 is 1. The van der Waals surface area contributed by atoms with Crippen LogP contribution in [0, 0.1) is 13.8 Å². The van der Waals surface area contributed by atoms with Crippen molar-refractivity contribution in [2.24, 2.45) is 7.05 Å². The second-order valence-corrected chi connectivity index (χ2v) is 9.25. The number of aliphatic hydroxyl groups is 1. The third-order valence-electron chi connectivity index (χ3n) is 6.61. The van der Waals surface area contributed by atoms with Gasteiger partial charge in [-0.25, -0.2) is 9.97 Å². The Morgan fingerprint density at radius 1 is 0.943 bits per heavy atom. The zero-order valence-corrected chi connectivity index (χ0v) is 20.8. The van der Waals surface area contributed by atoms with Crippen LogP contribution in [0.3, 0.4) is 0 Å². The number of pyridine rings is 1. The van der Waals surface area contributed by atoms with Gasteiger partial charge in [-0.1, -0.05) is 48.0 Å². The van der Waals surface area contributed by atoms with Crippen molar-refractivity contribution in [2.75, 3.05) is 7.11 Å². The van der Waals surface area contributed by atoms with Crippen molar-refractivity contribution in [3.8, 4) is 17.0 Å². The van der Waals surface area contributed by atoms with Crippen molar-refractivity contribution in [1.82, 2.24) is 14.5 Å². The van der Waals surface area contributed by atoms with Gasteiger partial charge in [-0.2, -0.15) is 0 Å². The second-order valence-electron chi connectivity index (χ2n) is 8.82. The summed E-state index contributed by atoms with van der Waals surface area (Å²) in [5.74, 6) is 0.544. The third-order valence-corrected chi connectivity index (χ3v) is 6.86. The summed E-state index contributed by atoms with van der Waals surface area (Å²) in [6.45, 7) is 4.20. The topological polar surface area (TPSA) is 60.2 Å². The fraction of sp³-hybridized carbons (Fsp3) is 0.172. The molecule has 6 heteroatoms. The summed E-state index contributed by atoms with van der Waals surface area (Å²) in [6.07, 6.45) is 3.38. The summed E-state index contributed by atoms with van der Waals surface area (Å²) in [5.41, 5.74) is 5.83. The van der Waals surface area contributed by atoms with E-state index in [1.807, 2.05) is 48.0 Å². The number of benzene rings is 3. The largest absolute Gasteiger partial charge is 0.481 e. The minimum absolute atomic E-state index is 0.544. The molecule has 5 aromatic rings. The van der Waals surface area contributed by atoms with E-state index >= 15 is 0 Å². The molecule has 0 spiro atoms. The summed E-state index contributed by atoms with van der Waals surface area (Å²) in [4.78, 5) is 8.97. The Hall–Kier alpha value is -3.67. The van der Waals surface area contributed by atoms with E-state index < -0.39 is 5.60 Å². The first kappa shape index (κ1) is 23.1. The van der Waals surface area contributed by atoms with Crippen molar-refractivity contribution in [2.45, 2.75) is 19.4 Å². The second kappa shape index (κ2) is 8.84. The molecule has 5 rings (SSSR count). The van der Waals surface area contributed by atoms with Crippen LogP contribution in [-0.4, -0.2) is 26.8 Å². The van der Waals surface area contributed by atoms with Gasteiger partial charge in [0.05, 0.1) is 30.8 Å². The molecule has 35 heavy (non-hydrogen) atoms. The average molecular weight is 484 g/mol. The van der Waals surface area contributed by atoms with E-state index in [1.54, 1.807) is 31.8 Å². The van der Waals surface area contributed by atoms with Gasteiger partial charge in [-0.15, -0.1) is 0 Å². The molecule has 0 aliphatic heterocycles. The lowest BCUT2D eigenvalue weighted by atomic mass is 9.82. The minimum Gasteiger partial charge on any atom is -0.481 e. The third kappa shape index (κ3) is 3.87. The molecular weight excluding hydrogens is 458 g/mol. The van der Waals surface area contributed by atoms with Crippen LogP contribution in [0.5, 0.6) is 5.88 Å². The van der Waals surface area contributed by atoms with Crippen LogP contribution >= 0.6 is 11.6 Å². The molecule has 5 nitrogen and oxygen atoms in total. The molecule has 0 amide bonds. The van der Waals surface area contributed by atoms with Gasteiger partial charge in [0.15, 0.2) is 5.60 Å². The molecule has 0 aliphatic carbocycles. The highest BCUT2D eigenvalue weighted by molar-refractivity contribution is 6.30. The Kier molecular flexibility index (Phi) is 5.83. The number of ether oxygens (including phenoxy) is 1. The van der Waals surface area contributed by atoms with Crippen LogP contribution in [0.1, 0.15) is 27.9 Å². The molecule has 0 radical (unpaired) electrons. The van der Waals surface area contributed by atoms with E-state index in [0.717, 1.165) is 33.2 Å². The highest BCUT2D eigenvalue weighted by atomic mass is 35.5. The maximum atomic E-state index is 12.4. The zero-order chi connectivity index (χ0) is 24.7. The average Bonchev–Trinajstić information content (AvgIpc) is 3.29. The standard InChI is InChI=1S/C29H26ClN3O2/c1-18-6-5-7-19(2)28(18)24-15-27(35-4)32-25-13-10-21(14-23(24)25)29(34,26-16-31-17-33(26)3)20-8-11-22(30)12-9-20/h5-17,34H,1-4H3. The molecule has 1 unspecified atom stereocenters. The van der Waals surface area contributed by atoms with Crippen molar-refractivity contribution in [3.05, 3.63) is 112 Å². The Labute approximate surface area is 209 Å². The van der Waals surface area contributed by atoms with E-state index in [1.165, 1.54) is 0 Å². The van der Waals surface area contributed by atoms with Crippen LogP contribution in [0.25, 0.3) is 22.0 Å². The van der Waals surface area contributed by atoms with Gasteiger partial charge < -0.3 is 14.4 Å². The highest BCUT2D eigenvalue weighted by Gasteiger charge is 2.37. The number of hydrogen-bond donors (Lipinski definition) is 1. The van der Waals surface area contributed by atoms with E-state index in [-0.39, 0.29) is 0 Å². The summed E-state index contributed by atoms with van der Waals surface area (Å²) >= 11 is 6.17. The van der Waals surface area contributed by atoms with Crippen molar-refractivity contribution in [3.63, 3.8) is 0 Å². The van der Waals surface area contributed by atoms with Gasteiger partial charge in [0.25, 0.3) is 0 Å². The van der Waals surface area contributed by atoms with Gasteiger partial charge >= 0.3 is 0 Å². The summed E-state index contributed by atoms with van der Waals surface area (Å²) < 4.78 is 7.36. The van der Waals surface area contributed by atoms with E-state index in [2.05, 4.69) is 42.0 Å². The van der Waals surface area contributed by atoms with Crippen LogP contribution in [0.4, 0.5) is 0 Å². The van der Waals surface area contributed by atoms with Gasteiger partial charge in [-0.05, 0) is 71.5 Å². The first-order chi connectivity index (χ1) is 16.8. The van der Waals surface area contributed by atoms with E-state index in [9.17, 15) is 5.11 Å². The van der Waals surface area contributed by atoms with E-state index in [0.29, 0.717) is 27.7 Å². The lowest BCUT2D eigenvalue weighted by molar-refractivity contribution is 0.117. The number of imidazole rings is 1. The van der Waals surface area contributed by atoms with Gasteiger partial charge in [0.2, 0.25) is 5.88 Å². The van der Waals surface area contributed by atoms with Gasteiger partial charge in [0, 0.05) is 23.5 Å². The number of aromatic nitrogens is 3. The molecule has 2 aromatic heterocycles. The fourth-order valence-corrected chi connectivity index (χ4v) is 4.96. The maximum Gasteiger partial charge on any atom is 0.214 e. The molecule has 0 saturated carbocycles. The zero-order valence-electron chi connectivity index (χ0n) is 20.1. The fourth-order valence-electron chi connectivity index (χ4n) is 4.84.